The lowest BCUT2D eigenvalue weighted by atomic mass is 10.1. The number of methoxy groups -OCH3 is 1. The van der Waals surface area contributed by atoms with Crippen LogP contribution in [0, 0.1) is 0 Å². The highest BCUT2D eigenvalue weighted by Crippen LogP contribution is 2.07. The van der Waals surface area contributed by atoms with E-state index in [4.69, 9.17) is 4.74 Å². The summed E-state index contributed by atoms with van der Waals surface area (Å²) in [5.41, 5.74) is 1.35. The van der Waals surface area contributed by atoms with E-state index in [1.165, 1.54) is 24.8 Å². The van der Waals surface area contributed by atoms with Gasteiger partial charge in [0.1, 0.15) is 0 Å². The number of rotatable bonds is 9. The number of benzene rings is 1. The van der Waals surface area contributed by atoms with Gasteiger partial charge in [-0.2, -0.15) is 0 Å². The van der Waals surface area contributed by atoms with Crippen LogP contribution in [0.4, 0.5) is 0 Å². The summed E-state index contributed by atoms with van der Waals surface area (Å²) >= 11 is 0. The lowest BCUT2D eigenvalue weighted by molar-refractivity contribution is 0.0856. The zero-order valence-electron chi connectivity index (χ0n) is 11.1. The molecule has 0 spiro atoms. The van der Waals surface area contributed by atoms with Gasteiger partial charge >= 0.3 is 0 Å². The zero-order valence-corrected chi connectivity index (χ0v) is 11.1. The van der Waals surface area contributed by atoms with Gasteiger partial charge in [-0.15, -0.1) is 0 Å². The molecule has 0 bridgehead atoms. The average molecular weight is 235 g/mol. The van der Waals surface area contributed by atoms with Crippen LogP contribution >= 0.6 is 0 Å². The Balaban J connectivity index is 2.04. The average Bonchev–Trinajstić information content (AvgIpc) is 2.38. The highest BCUT2D eigenvalue weighted by atomic mass is 16.5. The maximum atomic E-state index is 5.43. The lowest BCUT2D eigenvalue weighted by Gasteiger charge is -2.14. The molecule has 1 atom stereocenters. The maximum absolute atomic E-state index is 5.43. The quantitative estimate of drug-likeness (QED) is 0.663. The Morgan fingerprint density at radius 3 is 2.59 bits per heavy atom. The Morgan fingerprint density at radius 2 is 1.94 bits per heavy atom. The molecule has 0 saturated carbocycles. The van der Waals surface area contributed by atoms with Crippen molar-refractivity contribution >= 4 is 0 Å². The molecule has 1 unspecified atom stereocenters. The van der Waals surface area contributed by atoms with Crippen LogP contribution in [-0.4, -0.2) is 19.8 Å². The van der Waals surface area contributed by atoms with Gasteiger partial charge in [0.05, 0.1) is 6.10 Å². The van der Waals surface area contributed by atoms with Crippen LogP contribution in [-0.2, 0) is 11.3 Å². The Labute approximate surface area is 105 Å². The van der Waals surface area contributed by atoms with Crippen LogP contribution in [0.1, 0.15) is 38.2 Å². The topological polar surface area (TPSA) is 21.3 Å². The van der Waals surface area contributed by atoms with Gasteiger partial charge in [0.25, 0.3) is 0 Å². The molecular weight excluding hydrogens is 210 g/mol. The van der Waals surface area contributed by atoms with Gasteiger partial charge in [0.2, 0.25) is 0 Å². The van der Waals surface area contributed by atoms with Crippen molar-refractivity contribution in [2.75, 3.05) is 13.7 Å². The lowest BCUT2D eigenvalue weighted by Crippen LogP contribution is -2.18. The van der Waals surface area contributed by atoms with Crippen molar-refractivity contribution < 1.29 is 4.74 Å². The Bertz CT molecular complexity index is 274. The molecule has 0 fully saturated rings. The zero-order chi connectivity index (χ0) is 12.3. The molecule has 0 aliphatic rings. The molecule has 0 heterocycles. The maximum Gasteiger partial charge on any atom is 0.0571 e. The molecule has 0 amide bonds. The summed E-state index contributed by atoms with van der Waals surface area (Å²) < 4.78 is 5.43. The van der Waals surface area contributed by atoms with Crippen LogP contribution in [0.15, 0.2) is 30.3 Å². The van der Waals surface area contributed by atoms with Crippen LogP contribution in [0.25, 0.3) is 0 Å². The second-order valence-corrected chi connectivity index (χ2v) is 4.45. The first kappa shape index (κ1) is 14.2. The summed E-state index contributed by atoms with van der Waals surface area (Å²) in [5.74, 6) is 0. The summed E-state index contributed by atoms with van der Waals surface area (Å²) in [6, 6.07) is 10.5. The van der Waals surface area contributed by atoms with Gasteiger partial charge in [-0.25, -0.2) is 0 Å². The van der Waals surface area contributed by atoms with Crippen LogP contribution in [0.2, 0.25) is 0 Å². The number of ether oxygens (including phenoxy) is 1. The molecular formula is C15H25NO. The van der Waals surface area contributed by atoms with Gasteiger partial charge in [0.15, 0.2) is 0 Å². The number of nitrogens with one attached hydrogen (secondary N) is 1. The Morgan fingerprint density at radius 1 is 1.18 bits per heavy atom. The monoisotopic (exact) mass is 235 g/mol. The molecule has 0 aliphatic carbocycles. The predicted octanol–water partition coefficient (Wildman–Crippen LogP) is 3.37. The molecule has 1 rings (SSSR count). The van der Waals surface area contributed by atoms with E-state index < -0.39 is 0 Å². The first-order valence-electron chi connectivity index (χ1n) is 6.64. The van der Waals surface area contributed by atoms with Gasteiger partial charge in [-0.1, -0.05) is 43.7 Å². The van der Waals surface area contributed by atoms with E-state index >= 15 is 0 Å². The minimum absolute atomic E-state index is 0.443. The summed E-state index contributed by atoms with van der Waals surface area (Å²) in [6.45, 7) is 4.24. The summed E-state index contributed by atoms with van der Waals surface area (Å²) in [7, 11) is 1.82. The second kappa shape index (κ2) is 9.20. The molecule has 17 heavy (non-hydrogen) atoms. The van der Waals surface area contributed by atoms with Crippen molar-refractivity contribution in [2.24, 2.45) is 0 Å². The third-order valence-electron chi connectivity index (χ3n) is 3.00. The normalized spacial score (nSPS) is 12.6. The van der Waals surface area contributed by atoms with Crippen LogP contribution in [0.5, 0.6) is 0 Å². The third kappa shape index (κ3) is 6.44. The van der Waals surface area contributed by atoms with Gasteiger partial charge in [-0.05, 0) is 31.4 Å². The van der Waals surface area contributed by atoms with Crippen LogP contribution < -0.4 is 5.32 Å². The fourth-order valence-electron chi connectivity index (χ4n) is 1.99. The molecule has 1 aromatic rings. The van der Waals surface area contributed by atoms with E-state index in [-0.39, 0.29) is 0 Å². The standard InChI is InChI=1S/C15H25NO/c1-3-8-15(17-2)11-7-12-16-13-14-9-5-4-6-10-14/h4-6,9-10,15-16H,3,7-8,11-13H2,1-2H3. The van der Waals surface area contributed by atoms with E-state index in [2.05, 4.69) is 42.6 Å². The SMILES string of the molecule is CCCC(CCCNCc1ccccc1)OC. The first-order chi connectivity index (χ1) is 8.36. The number of hydrogen-bond donors (Lipinski definition) is 1. The highest BCUT2D eigenvalue weighted by molar-refractivity contribution is 5.14. The molecule has 0 radical (unpaired) electrons. The Hall–Kier alpha value is -0.860. The Kier molecular flexibility index (Phi) is 7.69. The summed E-state index contributed by atoms with van der Waals surface area (Å²) in [4.78, 5) is 0. The van der Waals surface area contributed by atoms with Crippen molar-refractivity contribution in [3.05, 3.63) is 35.9 Å². The predicted molar refractivity (Wildman–Crippen MR) is 73.1 cm³/mol. The third-order valence-corrected chi connectivity index (χ3v) is 3.00. The van der Waals surface area contributed by atoms with Crippen molar-refractivity contribution in [3.8, 4) is 0 Å². The van der Waals surface area contributed by atoms with Gasteiger partial charge in [0, 0.05) is 13.7 Å². The minimum Gasteiger partial charge on any atom is -0.381 e. The van der Waals surface area contributed by atoms with Crippen molar-refractivity contribution in [3.63, 3.8) is 0 Å². The summed E-state index contributed by atoms with van der Waals surface area (Å²) in [5, 5.41) is 3.47. The molecule has 2 nitrogen and oxygen atoms in total. The van der Waals surface area contributed by atoms with Gasteiger partial charge in [-0.3, -0.25) is 0 Å². The molecule has 2 heteroatoms. The molecule has 0 aromatic heterocycles. The minimum atomic E-state index is 0.443. The van der Waals surface area contributed by atoms with E-state index in [0.29, 0.717) is 6.10 Å². The highest BCUT2D eigenvalue weighted by Gasteiger charge is 2.04. The molecule has 1 aromatic carbocycles. The van der Waals surface area contributed by atoms with Crippen molar-refractivity contribution in [2.45, 2.75) is 45.3 Å². The summed E-state index contributed by atoms with van der Waals surface area (Å²) in [6.07, 6.45) is 5.17. The van der Waals surface area contributed by atoms with Crippen molar-refractivity contribution in [1.82, 2.24) is 5.32 Å². The smallest absolute Gasteiger partial charge is 0.0571 e. The van der Waals surface area contributed by atoms with E-state index in [9.17, 15) is 0 Å². The van der Waals surface area contributed by atoms with E-state index in [1.807, 2.05) is 7.11 Å². The van der Waals surface area contributed by atoms with E-state index in [1.54, 1.807) is 0 Å². The fourth-order valence-corrected chi connectivity index (χ4v) is 1.99. The number of hydrogen-bond acceptors (Lipinski definition) is 2. The molecule has 0 saturated heterocycles. The van der Waals surface area contributed by atoms with Crippen molar-refractivity contribution in [1.29, 1.82) is 0 Å². The molecule has 1 N–H and O–H groups in total. The largest absolute Gasteiger partial charge is 0.381 e. The first-order valence-corrected chi connectivity index (χ1v) is 6.64. The van der Waals surface area contributed by atoms with Gasteiger partial charge < -0.3 is 10.1 Å². The van der Waals surface area contributed by atoms with Crippen LogP contribution in [0.3, 0.4) is 0 Å². The molecule has 96 valence electrons. The fraction of sp³-hybridized carbons (Fsp3) is 0.600. The second-order valence-electron chi connectivity index (χ2n) is 4.45. The van der Waals surface area contributed by atoms with E-state index in [0.717, 1.165) is 19.5 Å². The molecule has 0 aliphatic heterocycles.